The molecule has 0 aliphatic carbocycles. The highest BCUT2D eigenvalue weighted by atomic mass is 35.5. The predicted octanol–water partition coefficient (Wildman–Crippen LogP) is 1.31. The maximum atomic E-state index is 12.1. The van der Waals surface area contributed by atoms with Crippen LogP contribution in [0.25, 0.3) is 11.0 Å². The first-order valence-corrected chi connectivity index (χ1v) is 19.9. The molecule has 22 heteroatoms. The maximum Gasteiger partial charge on any atom is 0.340 e. The Hall–Kier alpha value is -2.60. The van der Waals surface area contributed by atoms with E-state index in [1.807, 2.05) is 30.3 Å². The summed E-state index contributed by atoms with van der Waals surface area (Å²) in [6.07, 6.45) is 0.566. The third-order valence-corrected chi connectivity index (χ3v) is 10.9. The van der Waals surface area contributed by atoms with Gasteiger partial charge in [-0.15, -0.1) is 6.42 Å². The lowest BCUT2D eigenvalue weighted by Crippen LogP contribution is -2.33. The molecule has 3 heterocycles. The fourth-order valence-electron chi connectivity index (χ4n) is 4.91. The van der Waals surface area contributed by atoms with Gasteiger partial charge in [0.1, 0.15) is 30.7 Å². The quantitative estimate of drug-likeness (QED) is 0.0323. The fraction of sp³-hybridized carbons (Fsp3) is 0.567. The average molecular weight is 794 g/mol. The van der Waals surface area contributed by atoms with Gasteiger partial charge in [-0.3, -0.25) is 9.13 Å². The first-order chi connectivity index (χ1) is 24.9. The van der Waals surface area contributed by atoms with Crippen molar-refractivity contribution in [3.05, 3.63) is 47.4 Å². The summed E-state index contributed by atoms with van der Waals surface area (Å²) in [5.74, 6) is 1.24. The first-order valence-electron chi connectivity index (χ1n) is 16.0. The van der Waals surface area contributed by atoms with Crippen LogP contribution >= 0.6 is 26.8 Å². The zero-order valence-corrected chi connectivity index (χ0v) is 30.4. The molecule has 6 atom stereocenters. The van der Waals surface area contributed by atoms with E-state index in [1.165, 1.54) is 6.20 Å². The number of aliphatic hydroxyl groups is 2. The lowest BCUT2D eigenvalue weighted by molar-refractivity contribution is -0.0541. The summed E-state index contributed by atoms with van der Waals surface area (Å²) in [5.41, 5.74) is 0.996. The zero-order chi connectivity index (χ0) is 37.6. The molecule has 3 aromatic rings. The van der Waals surface area contributed by atoms with Crippen LogP contribution in [0.15, 0.2) is 36.5 Å². The third-order valence-electron chi connectivity index (χ3n) is 7.28. The SMILES string of the molecule is C#CCOCCOCCOCCOCCOC[C@@H](Nc1nc(Cl)nc2c1cnn2[C@@H]1O[C@H](COP(=O)(O)CP(=O)(O)O)[C@@H](O)[C@H]1O)c1ccccc1. The minimum atomic E-state index is -4.88. The molecule has 4 rings (SSSR count). The van der Waals surface area contributed by atoms with Gasteiger partial charge >= 0.3 is 15.2 Å². The van der Waals surface area contributed by atoms with E-state index in [0.717, 1.165) is 10.2 Å². The first kappa shape index (κ1) is 42.1. The molecule has 0 amide bonds. The van der Waals surface area contributed by atoms with E-state index in [9.17, 15) is 24.2 Å². The second-order valence-corrected chi connectivity index (χ2v) is 15.6. The van der Waals surface area contributed by atoms with Gasteiger partial charge in [0.25, 0.3) is 0 Å². The highest BCUT2D eigenvalue weighted by Crippen LogP contribution is 2.55. The Morgan fingerprint density at radius 2 is 1.54 bits per heavy atom. The molecule has 6 N–H and O–H groups in total. The highest BCUT2D eigenvalue weighted by molar-refractivity contribution is 7.70. The molecule has 2 aromatic heterocycles. The number of halogens is 1. The normalized spacial score (nSPS) is 20.9. The number of benzene rings is 1. The predicted molar refractivity (Wildman–Crippen MR) is 185 cm³/mol. The Morgan fingerprint density at radius 1 is 0.923 bits per heavy atom. The van der Waals surface area contributed by atoms with E-state index in [-0.39, 0.29) is 30.0 Å². The number of hydrogen-bond donors (Lipinski definition) is 6. The van der Waals surface area contributed by atoms with Crippen molar-refractivity contribution in [3.63, 3.8) is 0 Å². The Bertz CT molecular complexity index is 1680. The third kappa shape index (κ3) is 13.4. The minimum absolute atomic E-state index is 0.124. The van der Waals surface area contributed by atoms with Gasteiger partial charge in [0.2, 0.25) is 5.28 Å². The van der Waals surface area contributed by atoms with Crippen LogP contribution < -0.4 is 5.32 Å². The van der Waals surface area contributed by atoms with Crippen molar-refractivity contribution >= 4 is 43.6 Å². The van der Waals surface area contributed by atoms with E-state index in [2.05, 4.69) is 26.3 Å². The number of nitrogens with zero attached hydrogens (tertiary/aromatic N) is 4. The maximum absolute atomic E-state index is 12.1. The van der Waals surface area contributed by atoms with Crippen LogP contribution in [-0.2, 0) is 42.1 Å². The fourth-order valence-corrected chi connectivity index (χ4v) is 7.64. The second kappa shape index (κ2) is 20.7. The Labute approximate surface area is 304 Å². The summed E-state index contributed by atoms with van der Waals surface area (Å²) in [6, 6.07) is 9.02. The van der Waals surface area contributed by atoms with Crippen LogP contribution in [0.3, 0.4) is 0 Å². The number of aliphatic hydroxyl groups excluding tert-OH is 2. The molecular weight excluding hydrogens is 752 g/mol. The number of anilines is 1. The number of nitrogens with one attached hydrogen (secondary N) is 1. The largest absolute Gasteiger partial charge is 0.387 e. The molecule has 1 unspecified atom stereocenters. The molecule has 0 radical (unpaired) electrons. The van der Waals surface area contributed by atoms with Crippen LogP contribution in [-0.4, -0.2) is 142 Å². The van der Waals surface area contributed by atoms with Gasteiger partial charge in [-0.25, -0.2) is 4.68 Å². The number of hydrogen-bond acceptors (Lipinski definition) is 15. The standard InChI is InChI=1S/C30H42ClN5O14P2/c1-2-8-44-9-10-45-11-12-46-13-14-47-15-16-48-18-23(21-6-4-3-5-7-21)33-27-22-17-32-36(28(22)35-30(31)34-27)29-26(38)25(37)24(50-29)19-49-52(42,43)20-51(39,40)41/h1,3-7,17,23-26,29,37-38H,8-16,18-20H2,(H,42,43)(H,33,34,35)(H2,39,40,41)/t23-,24-,25-,26-,29-/m1/s1. The number of terminal acetylenes is 1. The number of ether oxygens (including phenoxy) is 6. The minimum Gasteiger partial charge on any atom is -0.387 e. The second-order valence-electron chi connectivity index (χ2n) is 11.2. The average Bonchev–Trinajstić information content (AvgIpc) is 3.63. The zero-order valence-electron chi connectivity index (χ0n) is 27.9. The Balaban J connectivity index is 1.32. The van der Waals surface area contributed by atoms with Crippen molar-refractivity contribution in [2.75, 3.05) is 83.9 Å². The molecule has 288 valence electrons. The van der Waals surface area contributed by atoms with Gasteiger partial charge in [-0.1, -0.05) is 36.3 Å². The molecular formula is C30H42ClN5O14P2. The number of fused-ring (bicyclic) bond motifs is 1. The van der Waals surface area contributed by atoms with Crippen LogP contribution in [0.4, 0.5) is 5.82 Å². The summed E-state index contributed by atoms with van der Waals surface area (Å²) >= 11 is 6.31. The van der Waals surface area contributed by atoms with Gasteiger partial charge in [-0.05, 0) is 17.2 Å². The summed E-state index contributed by atoms with van der Waals surface area (Å²) in [6.45, 7) is 2.79. The van der Waals surface area contributed by atoms with Gasteiger partial charge in [0.15, 0.2) is 17.8 Å². The van der Waals surface area contributed by atoms with Crippen molar-refractivity contribution in [2.45, 2.75) is 30.6 Å². The van der Waals surface area contributed by atoms with E-state index in [4.69, 9.17) is 60.8 Å². The van der Waals surface area contributed by atoms with E-state index < -0.39 is 58.3 Å². The topological polar surface area (TPSA) is 256 Å². The molecule has 0 spiro atoms. The lowest BCUT2D eigenvalue weighted by Gasteiger charge is -2.21. The molecule has 52 heavy (non-hydrogen) atoms. The summed E-state index contributed by atoms with van der Waals surface area (Å²) in [4.78, 5) is 36.4. The Kier molecular flexibility index (Phi) is 16.8. The van der Waals surface area contributed by atoms with E-state index >= 15 is 0 Å². The number of rotatable bonds is 24. The number of aromatic nitrogens is 4. The lowest BCUT2D eigenvalue weighted by atomic mass is 10.1. The molecule has 19 nitrogen and oxygen atoms in total. The molecule has 0 bridgehead atoms. The molecule has 1 aromatic carbocycles. The molecule has 1 fully saturated rings. The van der Waals surface area contributed by atoms with Gasteiger partial charge in [0.05, 0.1) is 83.7 Å². The molecule has 1 aliphatic rings. The smallest absolute Gasteiger partial charge is 0.340 e. The van der Waals surface area contributed by atoms with Crippen molar-refractivity contribution in [1.29, 1.82) is 0 Å². The van der Waals surface area contributed by atoms with Gasteiger partial charge in [-0.2, -0.15) is 15.1 Å². The Morgan fingerprint density at radius 3 is 2.15 bits per heavy atom. The van der Waals surface area contributed by atoms with Crippen molar-refractivity contribution in [3.8, 4) is 12.3 Å². The van der Waals surface area contributed by atoms with E-state index in [1.54, 1.807) is 0 Å². The summed E-state index contributed by atoms with van der Waals surface area (Å²) in [7, 11) is -9.63. The van der Waals surface area contributed by atoms with E-state index in [0.29, 0.717) is 58.2 Å². The molecule has 1 aliphatic heterocycles. The van der Waals surface area contributed by atoms with Crippen molar-refractivity contribution in [1.82, 2.24) is 19.7 Å². The van der Waals surface area contributed by atoms with Crippen LogP contribution in [0, 0.1) is 12.3 Å². The van der Waals surface area contributed by atoms with Crippen molar-refractivity contribution < 1.29 is 67.0 Å². The van der Waals surface area contributed by atoms with Crippen LogP contribution in [0.2, 0.25) is 5.28 Å². The van der Waals surface area contributed by atoms with Gasteiger partial charge in [0, 0.05) is 0 Å². The van der Waals surface area contributed by atoms with Gasteiger partial charge < -0.3 is 63.2 Å². The highest BCUT2D eigenvalue weighted by Gasteiger charge is 2.46. The summed E-state index contributed by atoms with van der Waals surface area (Å²) < 4.78 is 62.4. The monoisotopic (exact) mass is 793 g/mol. The molecule has 0 saturated carbocycles. The van der Waals surface area contributed by atoms with Crippen LogP contribution in [0.5, 0.6) is 0 Å². The van der Waals surface area contributed by atoms with Crippen LogP contribution in [0.1, 0.15) is 17.8 Å². The molecule has 1 saturated heterocycles. The summed E-state index contributed by atoms with van der Waals surface area (Å²) in [5, 5.41) is 29.2. The van der Waals surface area contributed by atoms with Crippen molar-refractivity contribution in [2.24, 2.45) is 0 Å².